The van der Waals surface area contributed by atoms with E-state index in [4.69, 9.17) is 4.74 Å². The van der Waals surface area contributed by atoms with Gasteiger partial charge in [0.05, 0.1) is 18.3 Å². The minimum atomic E-state index is -0.373. The Morgan fingerprint density at radius 3 is 2.78 bits per heavy atom. The van der Waals surface area contributed by atoms with Crippen molar-refractivity contribution in [3.63, 3.8) is 0 Å². The van der Waals surface area contributed by atoms with Crippen LogP contribution in [0.2, 0.25) is 0 Å². The molecule has 3 heterocycles. The number of benzene rings is 1. The van der Waals surface area contributed by atoms with Gasteiger partial charge in [-0.2, -0.15) is 0 Å². The standard InChI is InChI=1S/C25H34N4O3/c30-23(9-15-28-18-13-26-20-28)29-16-11-25(12-17-29)10-5-1-2-6-21-7-3-4-8-22(21)32-19-14-27-24(25)31/h3-4,7-8,13,18,20H,1-2,5-6,9-12,14-17,19H2,(H,27,31). The van der Waals surface area contributed by atoms with Crippen molar-refractivity contribution in [2.45, 2.75) is 57.9 Å². The Bertz CT molecular complexity index is 888. The number of hydrogen-bond acceptors (Lipinski definition) is 4. The molecule has 1 spiro atoms. The van der Waals surface area contributed by atoms with Crippen molar-refractivity contribution < 1.29 is 14.3 Å². The van der Waals surface area contributed by atoms with E-state index in [2.05, 4.69) is 22.4 Å². The highest BCUT2D eigenvalue weighted by atomic mass is 16.5. The molecule has 0 radical (unpaired) electrons. The van der Waals surface area contributed by atoms with Crippen LogP contribution in [0.5, 0.6) is 5.75 Å². The van der Waals surface area contributed by atoms with Gasteiger partial charge in [0.25, 0.3) is 0 Å². The van der Waals surface area contributed by atoms with E-state index in [0.717, 1.165) is 50.7 Å². The molecule has 172 valence electrons. The second kappa shape index (κ2) is 10.7. The van der Waals surface area contributed by atoms with Gasteiger partial charge in [-0.25, -0.2) is 4.98 Å². The summed E-state index contributed by atoms with van der Waals surface area (Å²) in [7, 11) is 0. The summed E-state index contributed by atoms with van der Waals surface area (Å²) in [6.07, 6.45) is 12.4. The van der Waals surface area contributed by atoms with Crippen molar-refractivity contribution in [1.29, 1.82) is 0 Å². The lowest BCUT2D eigenvalue weighted by Crippen LogP contribution is -2.50. The van der Waals surface area contributed by atoms with Gasteiger partial charge in [-0.05, 0) is 43.7 Å². The Kier molecular flexibility index (Phi) is 7.45. The van der Waals surface area contributed by atoms with Crippen molar-refractivity contribution in [3.8, 4) is 5.75 Å². The lowest BCUT2D eigenvalue weighted by Gasteiger charge is -2.41. The molecule has 4 rings (SSSR count). The number of aromatic nitrogens is 2. The van der Waals surface area contributed by atoms with Gasteiger partial charge < -0.3 is 19.5 Å². The SMILES string of the molecule is O=C(CCn1ccnc1)N1CCC2(CCCCCc3ccccc3OCCNC2=O)CC1. The number of nitrogens with zero attached hydrogens (tertiary/aromatic N) is 3. The number of likely N-dealkylation sites (tertiary alicyclic amines) is 1. The predicted molar refractivity (Wildman–Crippen MR) is 122 cm³/mol. The van der Waals surface area contributed by atoms with Crippen LogP contribution in [0.1, 0.15) is 50.5 Å². The van der Waals surface area contributed by atoms with Gasteiger partial charge in [-0.15, -0.1) is 0 Å². The first-order valence-electron chi connectivity index (χ1n) is 11.9. The van der Waals surface area contributed by atoms with Gasteiger partial charge >= 0.3 is 0 Å². The Labute approximate surface area is 190 Å². The molecular formula is C25H34N4O3. The van der Waals surface area contributed by atoms with Crippen LogP contribution in [0.3, 0.4) is 0 Å². The minimum Gasteiger partial charge on any atom is -0.491 e. The lowest BCUT2D eigenvalue weighted by atomic mass is 9.73. The predicted octanol–water partition coefficient (Wildman–Crippen LogP) is 3.19. The summed E-state index contributed by atoms with van der Waals surface area (Å²) in [5.74, 6) is 1.21. The summed E-state index contributed by atoms with van der Waals surface area (Å²) >= 11 is 0. The average molecular weight is 439 g/mol. The molecule has 7 heteroatoms. The fraction of sp³-hybridized carbons (Fsp3) is 0.560. The number of imidazole rings is 1. The van der Waals surface area contributed by atoms with Crippen LogP contribution in [-0.2, 0) is 22.6 Å². The number of aryl methyl sites for hydroxylation is 2. The summed E-state index contributed by atoms with van der Waals surface area (Å²) in [5.41, 5.74) is 0.873. The number of carbonyl (C=O) groups excluding carboxylic acids is 2. The number of nitrogens with one attached hydrogen (secondary N) is 1. The molecule has 1 aromatic heterocycles. The Hall–Kier alpha value is -2.83. The fourth-order valence-electron chi connectivity index (χ4n) is 4.90. The minimum absolute atomic E-state index is 0.124. The van der Waals surface area contributed by atoms with E-state index < -0.39 is 0 Å². The van der Waals surface area contributed by atoms with Gasteiger partial charge in [-0.1, -0.05) is 31.0 Å². The second-order valence-electron chi connectivity index (χ2n) is 8.98. The van der Waals surface area contributed by atoms with Crippen molar-refractivity contribution in [3.05, 3.63) is 48.5 Å². The first kappa shape index (κ1) is 22.4. The molecule has 1 aromatic carbocycles. The Morgan fingerprint density at radius 1 is 1.12 bits per heavy atom. The first-order valence-corrected chi connectivity index (χ1v) is 11.9. The maximum absolute atomic E-state index is 13.2. The van der Waals surface area contributed by atoms with E-state index in [1.165, 1.54) is 5.56 Å². The molecule has 2 amide bonds. The lowest BCUT2D eigenvalue weighted by molar-refractivity contribution is -0.141. The molecule has 7 nitrogen and oxygen atoms in total. The number of fused-ring (bicyclic) bond motifs is 1. The number of hydrogen-bond donors (Lipinski definition) is 1. The van der Waals surface area contributed by atoms with E-state index in [-0.39, 0.29) is 17.2 Å². The Balaban J connectivity index is 1.33. The molecule has 0 saturated carbocycles. The third-order valence-corrected chi connectivity index (χ3v) is 6.92. The van der Waals surface area contributed by atoms with Crippen molar-refractivity contribution >= 4 is 11.8 Å². The monoisotopic (exact) mass is 438 g/mol. The van der Waals surface area contributed by atoms with Crippen molar-refractivity contribution in [1.82, 2.24) is 19.8 Å². The third-order valence-electron chi connectivity index (χ3n) is 6.92. The molecule has 1 saturated heterocycles. The third kappa shape index (κ3) is 5.50. The van der Waals surface area contributed by atoms with E-state index in [0.29, 0.717) is 39.2 Å². The van der Waals surface area contributed by atoms with Crippen molar-refractivity contribution in [2.24, 2.45) is 5.41 Å². The van der Waals surface area contributed by atoms with Crippen LogP contribution in [0.15, 0.2) is 43.0 Å². The van der Waals surface area contributed by atoms with Crippen molar-refractivity contribution in [2.75, 3.05) is 26.2 Å². The molecule has 2 aliphatic heterocycles. The quantitative estimate of drug-likeness (QED) is 0.799. The van der Waals surface area contributed by atoms with Gasteiger partial charge in [0.2, 0.25) is 11.8 Å². The number of para-hydroxylation sites is 1. The van der Waals surface area contributed by atoms with Crippen LogP contribution in [-0.4, -0.2) is 52.5 Å². The number of piperidine rings is 1. The summed E-state index contributed by atoms with van der Waals surface area (Å²) in [6.45, 7) is 2.92. The van der Waals surface area contributed by atoms with Gasteiger partial charge in [0, 0.05) is 38.4 Å². The Morgan fingerprint density at radius 2 is 1.97 bits per heavy atom. The fourth-order valence-corrected chi connectivity index (χ4v) is 4.90. The molecule has 2 aliphatic rings. The summed E-state index contributed by atoms with van der Waals surface area (Å²) in [4.78, 5) is 31.8. The van der Waals surface area contributed by atoms with E-state index in [1.807, 2.05) is 27.8 Å². The van der Waals surface area contributed by atoms with E-state index >= 15 is 0 Å². The smallest absolute Gasteiger partial charge is 0.226 e. The van der Waals surface area contributed by atoms with Gasteiger partial charge in [-0.3, -0.25) is 9.59 Å². The molecule has 32 heavy (non-hydrogen) atoms. The molecule has 0 unspecified atom stereocenters. The largest absolute Gasteiger partial charge is 0.491 e. The number of amides is 2. The van der Waals surface area contributed by atoms with Crippen LogP contribution >= 0.6 is 0 Å². The summed E-state index contributed by atoms with van der Waals surface area (Å²) in [6, 6.07) is 8.20. The zero-order valence-electron chi connectivity index (χ0n) is 18.8. The number of rotatable bonds is 3. The van der Waals surface area contributed by atoms with Crippen LogP contribution in [0.4, 0.5) is 0 Å². The molecule has 0 aliphatic carbocycles. The maximum Gasteiger partial charge on any atom is 0.226 e. The van der Waals surface area contributed by atoms with Gasteiger partial charge in [0.15, 0.2) is 0 Å². The highest BCUT2D eigenvalue weighted by Crippen LogP contribution is 2.37. The zero-order valence-corrected chi connectivity index (χ0v) is 18.8. The highest BCUT2D eigenvalue weighted by molar-refractivity contribution is 5.83. The zero-order chi connectivity index (χ0) is 22.2. The average Bonchev–Trinajstić information content (AvgIpc) is 3.34. The normalized spacial score (nSPS) is 19.6. The second-order valence-corrected chi connectivity index (χ2v) is 8.98. The van der Waals surface area contributed by atoms with E-state index in [1.54, 1.807) is 12.5 Å². The van der Waals surface area contributed by atoms with E-state index in [9.17, 15) is 9.59 Å². The highest BCUT2D eigenvalue weighted by Gasteiger charge is 2.41. The molecule has 1 fully saturated rings. The van der Waals surface area contributed by atoms with Crippen LogP contribution in [0, 0.1) is 5.41 Å². The summed E-state index contributed by atoms with van der Waals surface area (Å²) in [5, 5.41) is 3.12. The number of carbonyl (C=O) groups is 2. The first-order chi connectivity index (χ1) is 15.7. The molecular weight excluding hydrogens is 404 g/mol. The summed E-state index contributed by atoms with van der Waals surface area (Å²) < 4.78 is 7.88. The molecule has 2 aromatic rings. The van der Waals surface area contributed by atoms with Gasteiger partial charge in [0.1, 0.15) is 12.4 Å². The number of ether oxygens (including phenoxy) is 1. The topological polar surface area (TPSA) is 76.5 Å². The maximum atomic E-state index is 13.2. The van der Waals surface area contributed by atoms with Crippen LogP contribution < -0.4 is 10.1 Å². The molecule has 1 N–H and O–H groups in total. The molecule has 0 bridgehead atoms. The molecule has 0 atom stereocenters. The van der Waals surface area contributed by atoms with Crippen LogP contribution in [0.25, 0.3) is 0 Å².